The van der Waals surface area contributed by atoms with Gasteiger partial charge >= 0.3 is 5.97 Å². The molecule has 0 radical (unpaired) electrons. The second-order valence-corrected chi connectivity index (χ2v) is 6.01. The summed E-state index contributed by atoms with van der Waals surface area (Å²) in [6.45, 7) is 2.75. The molecule has 0 amide bonds. The molecule has 25 heavy (non-hydrogen) atoms. The number of carboxylic acids is 1. The van der Waals surface area contributed by atoms with Gasteiger partial charge in [-0.15, -0.1) is 0 Å². The number of para-hydroxylation sites is 1. The fourth-order valence-corrected chi connectivity index (χ4v) is 2.83. The van der Waals surface area contributed by atoms with Gasteiger partial charge in [0.2, 0.25) is 0 Å². The van der Waals surface area contributed by atoms with E-state index in [4.69, 9.17) is 9.47 Å². The maximum atomic E-state index is 11.8. The second-order valence-electron chi connectivity index (χ2n) is 6.01. The summed E-state index contributed by atoms with van der Waals surface area (Å²) in [6, 6.07) is 14.9. The molecule has 0 heterocycles. The average molecular weight is 342 g/mol. The molecular formula is C21H26O4. The smallest absolute Gasteiger partial charge is 0.311 e. The molecule has 2 rings (SSSR count). The minimum atomic E-state index is -0.842. The number of carboxylic acid groups (broad SMARTS) is 1. The lowest BCUT2D eigenvalue weighted by atomic mass is 9.91. The van der Waals surface area contributed by atoms with E-state index in [2.05, 4.69) is 6.92 Å². The standard InChI is InChI=1S/C21H26O4/c1-3-4-8-14-25-20-17(12-9-13-19(20)24-2)15-18(21(22)23)16-10-6-5-7-11-16/h5-7,9-13,18H,3-4,8,14-15H2,1-2H3,(H,22,23). The van der Waals surface area contributed by atoms with Crippen molar-refractivity contribution in [2.24, 2.45) is 0 Å². The summed E-state index contributed by atoms with van der Waals surface area (Å²) in [5.41, 5.74) is 1.64. The zero-order valence-electron chi connectivity index (χ0n) is 14.9. The van der Waals surface area contributed by atoms with Crippen molar-refractivity contribution in [3.63, 3.8) is 0 Å². The van der Waals surface area contributed by atoms with Gasteiger partial charge in [-0.2, -0.15) is 0 Å². The Labute approximate surface area is 149 Å². The Balaban J connectivity index is 2.25. The van der Waals surface area contributed by atoms with Crippen LogP contribution in [-0.2, 0) is 11.2 Å². The molecule has 0 aliphatic rings. The fraction of sp³-hybridized carbons (Fsp3) is 0.381. The van der Waals surface area contributed by atoms with Gasteiger partial charge in [0.05, 0.1) is 19.6 Å². The van der Waals surface area contributed by atoms with E-state index in [0.717, 1.165) is 30.4 Å². The molecule has 0 spiro atoms. The van der Waals surface area contributed by atoms with Crippen molar-refractivity contribution in [1.82, 2.24) is 0 Å². The highest BCUT2D eigenvalue weighted by molar-refractivity contribution is 5.76. The fourth-order valence-electron chi connectivity index (χ4n) is 2.83. The number of ether oxygens (including phenoxy) is 2. The van der Waals surface area contributed by atoms with Gasteiger partial charge in [0.15, 0.2) is 11.5 Å². The van der Waals surface area contributed by atoms with Crippen molar-refractivity contribution in [1.29, 1.82) is 0 Å². The highest BCUT2D eigenvalue weighted by Gasteiger charge is 2.23. The van der Waals surface area contributed by atoms with E-state index in [1.165, 1.54) is 0 Å². The van der Waals surface area contributed by atoms with Crippen LogP contribution in [0, 0.1) is 0 Å². The van der Waals surface area contributed by atoms with Crippen LogP contribution >= 0.6 is 0 Å². The lowest BCUT2D eigenvalue weighted by Gasteiger charge is -2.18. The maximum absolute atomic E-state index is 11.8. The zero-order valence-corrected chi connectivity index (χ0v) is 14.9. The third kappa shape index (κ3) is 5.24. The van der Waals surface area contributed by atoms with Gasteiger partial charge in [-0.3, -0.25) is 4.79 Å². The Bertz CT molecular complexity index is 667. The van der Waals surface area contributed by atoms with Crippen molar-refractivity contribution in [3.8, 4) is 11.5 Å². The monoisotopic (exact) mass is 342 g/mol. The molecule has 2 aromatic rings. The van der Waals surface area contributed by atoms with E-state index in [0.29, 0.717) is 24.5 Å². The van der Waals surface area contributed by atoms with E-state index in [-0.39, 0.29) is 0 Å². The molecule has 1 N–H and O–H groups in total. The molecule has 134 valence electrons. The van der Waals surface area contributed by atoms with Gasteiger partial charge in [0, 0.05) is 0 Å². The number of aliphatic carboxylic acids is 1. The molecule has 0 aliphatic carbocycles. The molecule has 1 atom stereocenters. The Kier molecular flexibility index (Phi) is 7.33. The van der Waals surface area contributed by atoms with Crippen LogP contribution in [0.15, 0.2) is 48.5 Å². The summed E-state index contributed by atoms with van der Waals surface area (Å²) < 4.78 is 11.4. The quantitative estimate of drug-likeness (QED) is 0.637. The van der Waals surface area contributed by atoms with Crippen LogP contribution in [-0.4, -0.2) is 24.8 Å². The van der Waals surface area contributed by atoms with Crippen molar-refractivity contribution in [3.05, 3.63) is 59.7 Å². The lowest BCUT2D eigenvalue weighted by Crippen LogP contribution is -2.15. The van der Waals surface area contributed by atoms with Crippen LogP contribution in [0.4, 0.5) is 0 Å². The third-order valence-electron chi connectivity index (χ3n) is 4.20. The molecule has 0 saturated heterocycles. The van der Waals surface area contributed by atoms with E-state index < -0.39 is 11.9 Å². The van der Waals surface area contributed by atoms with Gasteiger partial charge < -0.3 is 14.6 Å². The van der Waals surface area contributed by atoms with Crippen molar-refractivity contribution >= 4 is 5.97 Å². The van der Waals surface area contributed by atoms with Gasteiger partial charge in [-0.1, -0.05) is 62.2 Å². The predicted molar refractivity (Wildman–Crippen MR) is 98.5 cm³/mol. The molecule has 2 aromatic carbocycles. The first-order chi connectivity index (χ1) is 12.2. The molecule has 0 aromatic heterocycles. The second kappa shape index (κ2) is 9.72. The minimum Gasteiger partial charge on any atom is -0.493 e. The summed E-state index contributed by atoms with van der Waals surface area (Å²) in [6.07, 6.45) is 3.55. The van der Waals surface area contributed by atoms with Gasteiger partial charge in [0.25, 0.3) is 0 Å². The summed E-state index contributed by atoms with van der Waals surface area (Å²) in [7, 11) is 1.60. The summed E-state index contributed by atoms with van der Waals surface area (Å²) in [5.74, 6) is -0.160. The number of carbonyl (C=O) groups is 1. The normalized spacial score (nSPS) is 11.8. The topological polar surface area (TPSA) is 55.8 Å². The minimum absolute atomic E-state index is 0.361. The molecule has 4 nitrogen and oxygen atoms in total. The Morgan fingerprint density at radius 2 is 1.84 bits per heavy atom. The number of rotatable bonds is 10. The SMILES string of the molecule is CCCCCOc1c(CC(C(=O)O)c2ccccc2)cccc1OC. The van der Waals surface area contributed by atoms with Gasteiger partial charge in [-0.05, 0) is 30.0 Å². The van der Waals surface area contributed by atoms with Crippen LogP contribution in [0.1, 0.15) is 43.2 Å². The Hall–Kier alpha value is -2.49. The molecule has 4 heteroatoms. The molecule has 0 bridgehead atoms. The number of benzene rings is 2. The van der Waals surface area contributed by atoms with Crippen molar-refractivity contribution < 1.29 is 19.4 Å². The molecule has 1 unspecified atom stereocenters. The van der Waals surface area contributed by atoms with Crippen LogP contribution in [0.3, 0.4) is 0 Å². The van der Waals surface area contributed by atoms with E-state index in [9.17, 15) is 9.90 Å². The Morgan fingerprint density at radius 1 is 1.08 bits per heavy atom. The largest absolute Gasteiger partial charge is 0.493 e. The summed E-state index contributed by atoms with van der Waals surface area (Å²) in [5, 5.41) is 9.68. The first-order valence-corrected chi connectivity index (χ1v) is 8.73. The Morgan fingerprint density at radius 3 is 2.48 bits per heavy atom. The lowest BCUT2D eigenvalue weighted by molar-refractivity contribution is -0.138. The zero-order chi connectivity index (χ0) is 18.1. The first-order valence-electron chi connectivity index (χ1n) is 8.73. The third-order valence-corrected chi connectivity index (χ3v) is 4.20. The van der Waals surface area contributed by atoms with Gasteiger partial charge in [-0.25, -0.2) is 0 Å². The summed E-state index contributed by atoms with van der Waals surface area (Å²) >= 11 is 0. The summed E-state index contributed by atoms with van der Waals surface area (Å²) in [4.78, 5) is 11.8. The van der Waals surface area contributed by atoms with Gasteiger partial charge in [0.1, 0.15) is 0 Å². The molecule has 0 saturated carbocycles. The van der Waals surface area contributed by atoms with Crippen LogP contribution < -0.4 is 9.47 Å². The number of unbranched alkanes of at least 4 members (excludes halogenated alkanes) is 2. The number of hydrogen-bond acceptors (Lipinski definition) is 3. The molecular weight excluding hydrogens is 316 g/mol. The maximum Gasteiger partial charge on any atom is 0.311 e. The van der Waals surface area contributed by atoms with Crippen molar-refractivity contribution in [2.45, 2.75) is 38.5 Å². The first kappa shape index (κ1) is 18.8. The van der Waals surface area contributed by atoms with E-state index >= 15 is 0 Å². The van der Waals surface area contributed by atoms with Crippen molar-refractivity contribution in [2.75, 3.05) is 13.7 Å². The van der Waals surface area contributed by atoms with Crippen LogP contribution in [0.5, 0.6) is 11.5 Å². The average Bonchev–Trinajstić information content (AvgIpc) is 2.64. The number of methoxy groups -OCH3 is 1. The van der Waals surface area contributed by atoms with E-state index in [1.807, 2.05) is 48.5 Å². The van der Waals surface area contributed by atoms with E-state index in [1.54, 1.807) is 7.11 Å². The number of hydrogen-bond donors (Lipinski definition) is 1. The molecule has 0 fully saturated rings. The predicted octanol–water partition coefficient (Wildman–Crippen LogP) is 4.68. The molecule has 0 aliphatic heterocycles. The highest BCUT2D eigenvalue weighted by Crippen LogP contribution is 2.34. The highest BCUT2D eigenvalue weighted by atomic mass is 16.5. The van der Waals surface area contributed by atoms with Crippen LogP contribution in [0.25, 0.3) is 0 Å². The van der Waals surface area contributed by atoms with Crippen LogP contribution in [0.2, 0.25) is 0 Å².